The van der Waals surface area contributed by atoms with E-state index in [9.17, 15) is 14.4 Å². The molecule has 3 aliphatic heterocycles. The molecule has 4 aliphatic rings. The van der Waals surface area contributed by atoms with Crippen LogP contribution in [0.4, 0.5) is 0 Å². The van der Waals surface area contributed by atoms with Gasteiger partial charge in [0.05, 0.1) is 12.2 Å². The molecule has 3 heterocycles. The molecule has 3 N–H and O–H groups in total. The van der Waals surface area contributed by atoms with Gasteiger partial charge in [-0.1, -0.05) is 12.1 Å². The fraction of sp³-hybridized carbons (Fsp3) is 0.609. The predicted octanol–water partition coefficient (Wildman–Crippen LogP) is 0.920. The second kappa shape index (κ2) is 8.00. The number of ether oxygens (including phenoxy) is 1. The second-order valence-corrected chi connectivity index (χ2v) is 9.42. The van der Waals surface area contributed by atoms with E-state index in [1.807, 2.05) is 12.1 Å². The molecule has 0 aromatic heterocycles. The Morgan fingerprint density at radius 1 is 1.16 bits per heavy atom. The Balaban J connectivity index is 1.32. The fourth-order valence-corrected chi connectivity index (χ4v) is 5.57. The summed E-state index contributed by atoms with van der Waals surface area (Å²) >= 11 is 0. The minimum atomic E-state index is -0.580. The van der Waals surface area contributed by atoms with Crippen molar-refractivity contribution in [2.45, 2.75) is 69.3 Å². The molecule has 0 radical (unpaired) electrons. The number of hydrogen-bond donors (Lipinski definition) is 2. The third-order valence-corrected chi connectivity index (χ3v) is 7.34. The number of morpholine rings is 1. The van der Waals surface area contributed by atoms with Crippen LogP contribution in [-0.4, -0.2) is 64.9 Å². The highest BCUT2D eigenvalue weighted by atomic mass is 16.5. The summed E-state index contributed by atoms with van der Waals surface area (Å²) in [5.74, 6) is -0.758. The second-order valence-electron chi connectivity index (χ2n) is 9.42. The predicted molar refractivity (Wildman–Crippen MR) is 113 cm³/mol. The summed E-state index contributed by atoms with van der Waals surface area (Å²) in [5.41, 5.74) is 8.81. The van der Waals surface area contributed by atoms with Gasteiger partial charge in [0.1, 0.15) is 6.04 Å². The van der Waals surface area contributed by atoms with E-state index in [0.717, 1.165) is 56.4 Å². The number of nitrogens with zero attached hydrogens (tertiary/aromatic N) is 2. The summed E-state index contributed by atoms with van der Waals surface area (Å²) in [6.07, 6.45) is 4.66. The van der Waals surface area contributed by atoms with Crippen LogP contribution in [0, 0.1) is 0 Å². The number of carbonyl (C=O) groups excluding carboxylic acids is 3. The van der Waals surface area contributed by atoms with Crippen molar-refractivity contribution in [3.05, 3.63) is 34.9 Å². The van der Waals surface area contributed by atoms with Gasteiger partial charge in [-0.25, -0.2) is 0 Å². The number of fused-ring (bicyclic) bond motifs is 1. The largest absolute Gasteiger partial charge is 0.372 e. The van der Waals surface area contributed by atoms with Crippen LogP contribution in [0.3, 0.4) is 0 Å². The molecule has 2 saturated heterocycles. The number of nitrogens with two attached hydrogens (primary N) is 1. The van der Waals surface area contributed by atoms with Gasteiger partial charge in [0.2, 0.25) is 11.8 Å². The molecular weight excluding hydrogens is 396 g/mol. The summed E-state index contributed by atoms with van der Waals surface area (Å²) in [4.78, 5) is 40.9. The van der Waals surface area contributed by atoms with Crippen molar-refractivity contribution in [1.82, 2.24) is 15.1 Å². The summed E-state index contributed by atoms with van der Waals surface area (Å²) in [5, 5.41) is 2.37. The zero-order chi connectivity index (χ0) is 21.6. The van der Waals surface area contributed by atoms with Gasteiger partial charge in [0, 0.05) is 44.2 Å². The van der Waals surface area contributed by atoms with Crippen LogP contribution in [-0.2, 0) is 27.4 Å². The van der Waals surface area contributed by atoms with Crippen molar-refractivity contribution in [2.24, 2.45) is 5.73 Å². The molecule has 3 amide bonds. The summed E-state index contributed by atoms with van der Waals surface area (Å²) in [6.45, 7) is 3.64. The van der Waals surface area contributed by atoms with Crippen molar-refractivity contribution >= 4 is 17.7 Å². The SMILES string of the molecule is NC1CCC2(CC1)CN(Cc1cccc3c1CN(C1CCC(=O)NC1=O)C3=O)CCO2. The van der Waals surface area contributed by atoms with Gasteiger partial charge in [0.25, 0.3) is 5.91 Å². The lowest BCUT2D eigenvalue weighted by Gasteiger charge is -2.46. The molecule has 166 valence electrons. The Morgan fingerprint density at radius 3 is 2.74 bits per heavy atom. The fourth-order valence-electron chi connectivity index (χ4n) is 5.57. The number of carbonyl (C=O) groups is 3. The van der Waals surface area contributed by atoms with Crippen LogP contribution in [0.25, 0.3) is 0 Å². The van der Waals surface area contributed by atoms with Crippen LogP contribution in [0.2, 0.25) is 0 Å². The Labute approximate surface area is 182 Å². The molecule has 1 aromatic rings. The third kappa shape index (κ3) is 3.88. The number of rotatable bonds is 3. The monoisotopic (exact) mass is 426 g/mol. The van der Waals surface area contributed by atoms with E-state index < -0.39 is 6.04 Å². The first-order chi connectivity index (χ1) is 14.9. The molecule has 1 aromatic carbocycles. The van der Waals surface area contributed by atoms with Crippen molar-refractivity contribution < 1.29 is 19.1 Å². The lowest BCUT2D eigenvalue weighted by Crippen LogP contribution is -2.54. The Morgan fingerprint density at radius 2 is 1.97 bits per heavy atom. The van der Waals surface area contributed by atoms with Crippen LogP contribution >= 0.6 is 0 Å². The van der Waals surface area contributed by atoms with E-state index in [1.165, 1.54) is 0 Å². The smallest absolute Gasteiger partial charge is 0.255 e. The number of benzene rings is 1. The molecule has 5 rings (SSSR count). The maximum Gasteiger partial charge on any atom is 0.255 e. The third-order valence-electron chi connectivity index (χ3n) is 7.34. The first-order valence-electron chi connectivity index (χ1n) is 11.3. The van der Waals surface area contributed by atoms with Crippen LogP contribution < -0.4 is 11.1 Å². The lowest BCUT2D eigenvalue weighted by atomic mass is 9.81. The highest BCUT2D eigenvalue weighted by Gasteiger charge is 2.41. The van der Waals surface area contributed by atoms with E-state index in [1.54, 1.807) is 4.90 Å². The van der Waals surface area contributed by atoms with Crippen molar-refractivity contribution in [3.8, 4) is 0 Å². The zero-order valence-corrected chi connectivity index (χ0v) is 17.8. The minimum Gasteiger partial charge on any atom is -0.372 e. The highest BCUT2D eigenvalue weighted by molar-refractivity contribution is 6.05. The molecule has 31 heavy (non-hydrogen) atoms. The number of piperidine rings is 1. The first kappa shape index (κ1) is 20.6. The van der Waals surface area contributed by atoms with Crippen molar-refractivity contribution in [3.63, 3.8) is 0 Å². The van der Waals surface area contributed by atoms with E-state index in [2.05, 4.69) is 16.3 Å². The molecule has 1 saturated carbocycles. The summed E-state index contributed by atoms with van der Waals surface area (Å²) < 4.78 is 6.22. The maximum absolute atomic E-state index is 13.1. The Bertz CT molecular complexity index is 909. The summed E-state index contributed by atoms with van der Waals surface area (Å²) in [7, 11) is 0. The minimum absolute atomic E-state index is 0.0966. The van der Waals surface area contributed by atoms with E-state index in [4.69, 9.17) is 10.5 Å². The molecule has 8 heteroatoms. The number of amides is 3. The molecule has 8 nitrogen and oxygen atoms in total. The molecule has 0 bridgehead atoms. The van der Waals surface area contributed by atoms with Gasteiger partial charge in [-0.2, -0.15) is 0 Å². The topological polar surface area (TPSA) is 105 Å². The van der Waals surface area contributed by atoms with Gasteiger partial charge >= 0.3 is 0 Å². The van der Waals surface area contributed by atoms with Crippen molar-refractivity contribution in [2.75, 3.05) is 19.7 Å². The molecule has 3 fully saturated rings. The van der Waals surface area contributed by atoms with E-state index >= 15 is 0 Å². The quantitative estimate of drug-likeness (QED) is 0.697. The van der Waals surface area contributed by atoms with Gasteiger partial charge < -0.3 is 15.4 Å². The molecule has 1 aliphatic carbocycles. The average Bonchev–Trinajstić information content (AvgIpc) is 3.08. The van der Waals surface area contributed by atoms with Gasteiger partial charge in [0.15, 0.2) is 0 Å². The zero-order valence-electron chi connectivity index (χ0n) is 17.8. The first-order valence-corrected chi connectivity index (χ1v) is 11.3. The van der Waals surface area contributed by atoms with Gasteiger partial charge in [-0.3, -0.25) is 24.6 Å². The van der Waals surface area contributed by atoms with E-state index in [-0.39, 0.29) is 35.8 Å². The summed E-state index contributed by atoms with van der Waals surface area (Å²) in [6, 6.07) is 5.56. The number of imide groups is 1. The number of hydrogen-bond acceptors (Lipinski definition) is 6. The van der Waals surface area contributed by atoms with Crippen molar-refractivity contribution in [1.29, 1.82) is 0 Å². The highest BCUT2D eigenvalue weighted by Crippen LogP contribution is 2.35. The molecule has 1 atom stereocenters. The van der Waals surface area contributed by atoms with Crippen LogP contribution in [0.1, 0.15) is 60.0 Å². The lowest BCUT2D eigenvalue weighted by molar-refractivity contribution is -0.137. The van der Waals surface area contributed by atoms with Crippen LogP contribution in [0.5, 0.6) is 0 Å². The normalized spacial score (nSPS) is 31.8. The molecule has 1 unspecified atom stereocenters. The van der Waals surface area contributed by atoms with E-state index in [0.29, 0.717) is 25.1 Å². The molecular formula is C23H30N4O4. The van der Waals surface area contributed by atoms with Crippen LogP contribution in [0.15, 0.2) is 18.2 Å². The van der Waals surface area contributed by atoms with Gasteiger partial charge in [-0.15, -0.1) is 0 Å². The van der Waals surface area contributed by atoms with Gasteiger partial charge in [-0.05, 0) is 49.3 Å². The Kier molecular flexibility index (Phi) is 5.32. The number of nitrogens with one attached hydrogen (secondary N) is 1. The molecule has 1 spiro atoms. The Hall–Kier alpha value is -2.29. The standard InChI is InChI=1S/C23H30N4O4/c24-16-6-8-23(9-7-16)14-26(10-11-31-23)12-15-2-1-3-17-18(15)13-27(22(17)30)19-4-5-20(28)25-21(19)29/h1-3,16,19H,4-14,24H2,(H,25,28,29). The maximum atomic E-state index is 13.1. The average molecular weight is 427 g/mol.